The maximum Gasteiger partial charge on any atom is 0.0262 e. The fourth-order valence-electron chi connectivity index (χ4n) is 1.46. The standard InChI is InChI=1S/C9H11N/c1-2-8-5-6-9-4-3-7-10(8)9/h3,5-7H,2,4H2,1H3. The third kappa shape index (κ3) is 0.635. The second kappa shape index (κ2) is 2.01. The van der Waals surface area contributed by atoms with Crippen LogP contribution in [0.25, 0.3) is 6.20 Å². The average molecular weight is 133 g/mol. The van der Waals surface area contributed by atoms with Crippen LogP contribution in [-0.2, 0) is 12.8 Å². The molecule has 0 bridgehead atoms. The lowest BCUT2D eigenvalue weighted by Gasteiger charge is -1.98. The highest BCUT2D eigenvalue weighted by Gasteiger charge is 2.06. The molecule has 0 atom stereocenters. The molecule has 1 nitrogen and oxygen atoms in total. The van der Waals surface area contributed by atoms with Gasteiger partial charge in [0.05, 0.1) is 0 Å². The maximum absolute atomic E-state index is 2.28. The zero-order valence-corrected chi connectivity index (χ0v) is 6.17. The van der Waals surface area contributed by atoms with E-state index in [2.05, 4.69) is 35.9 Å². The zero-order valence-electron chi connectivity index (χ0n) is 6.17. The topological polar surface area (TPSA) is 4.93 Å². The van der Waals surface area contributed by atoms with Crippen LogP contribution in [0.4, 0.5) is 0 Å². The third-order valence-corrected chi connectivity index (χ3v) is 2.03. The van der Waals surface area contributed by atoms with Crippen molar-refractivity contribution in [1.29, 1.82) is 0 Å². The molecular formula is C9H11N. The number of fused-ring (bicyclic) bond motifs is 1. The Hall–Kier alpha value is -0.980. The fraction of sp³-hybridized carbons (Fsp3) is 0.333. The molecule has 0 aliphatic carbocycles. The summed E-state index contributed by atoms with van der Waals surface area (Å²) in [7, 11) is 0. The number of nitrogens with zero attached hydrogens (tertiary/aromatic N) is 1. The van der Waals surface area contributed by atoms with Crippen LogP contribution in [-0.4, -0.2) is 4.57 Å². The van der Waals surface area contributed by atoms with E-state index in [1.54, 1.807) is 0 Å². The Bertz CT molecular complexity index is 268. The number of allylic oxidation sites excluding steroid dienone is 1. The van der Waals surface area contributed by atoms with Crippen LogP contribution in [0.2, 0.25) is 0 Å². The molecule has 0 fully saturated rings. The summed E-state index contributed by atoms with van der Waals surface area (Å²) in [6.45, 7) is 2.19. The van der Waals surface area contributed by atoms with Gasteiger partial charge in [-0.3, -0.25) is 0 Å². The van der Waals surface area contributed by atoms with Crippen LogP contribution < -0.4 is 0 Å². The molecular weight excluding hydrogens is 122 g/mol. The summed E-state index contributed by atoms with van der Waals surface area (Å²) in [4.78, 5) is 0. The fourth-order valence-corrected chi connectivity index (χ4v) is 1.46. The van der Waals surface area contributed by atoms with Crippen LogP contribution in [0, 0.1) is 0 Å². The number of aromatic nitrogens is 1. The highest BCUT2D eigenvalue weighted by molar-refractivity contribution is 5.40. The molecule has 1 aliphatic heterocycles. The molecule has 52 valence electrons. The minimum Gasteiger partial charge on any atom is -0.325 e. The van der Waals surface area contributed by atoms with Crippen molar-refractivity contribution < 1.29 is 0 Å². The zero-order chi connectivity index (χ0) is 6.97. The van der Waals surface area contributed by atoms with E-state index >= 15 is 0 Å². The predicted octanol–water partition coefficient (Wildman–Crippen LogP) is 2.08. The van der Waals surface area contributed by atoms with E-state index < -0.39 is 0 Å². The first-order chi connectivity index (χ1) is 4.92. The minimum atomic E-state index is 1.11. The van der Waals surface area contributed by atoms with Gasteiger partial charge in [0.2, 0.25) is 0 Å². The second-order valence-corrected chi connectivity index (χ2v) is 2.63. The summed E-state index contributed by atoms with van der Waals surface area (Å²) in [5.74, 6) is 0. The lowest BCUT2D eigenvalue weighted by molar-refractivity contribution is 0.955. The Kier molecular flexibility index (Phi) is 1.16. The first kappa shape index (κ1) is 5.78. The number of rotatable bonds is 1. The normalized spacial score (nSPS) is 14.1. The van der Waals surface area contributed by atoms with Gasteiger partial charge in [-0.15, -0.1) is 0 Å². The van der Waals surface area contributed by atoms with Gasteiger partial charge in [-0.2, -0.15) is 0 Å². The van der Waals surface area contributed by atoms with Crippen LogP contribution >= 0.6 is 0 Å². The van der Waals surface area contributed by atoms with Gasteiger partial charge in [0.25, 0.3) is 0 Å². The first-order valence-electron chi connectivity index (χ1n) is 3.77. The molecule has 10 heavy (non-hydrogen) atoms. The van der Waals surface area contributed by atoms with Crippen molar-refractivity contribution in [3.63, 3.8) is 0 Å². The van der Waals surface area contributed by atoms with E-state index in [1.165, 1.54) is 11.4 Å². The Morgan fingerprint density at radius 3 is 3.20 bits per heavy atom. The summed E-state index contributed by atoms with van der Waals surface area (Å²) >= 11 is 0. The van der Waals surface area contributed by atoms with Gasteiger partial charge in [-0.1, -0.05) is 13.0 Å². The molecule has 0 radical (unpaired) electrons. The monoisotopic (exact) mass is 133 g/mol. The smallest absolute Gasteiger partial charge is 0.0262 e. The van der Waals surface area contributed by atoms with Crippen molar-refractivity contribution in [3.8, 4) is 0 Å². The van der Waals surface area contributed by atoms with Crippen molar-refractivity contribution in [2.45, 2.75) is 19.8 Å². The number of hydrogen-bond donors (Lipinski definition) is 0. The van der Waals surface area contributed by atoms with E-state index in [1.807, 2.05) is 0 Å². The number of aryl methyl sites for hydroxylation is 1. The largest absolute Gasteiger partial charge is 0.325 e. The minimum absolute atomic E-state index is 1.11. The van der Waals surface area contributed by atoms with Gasteiger partial charge in [0.1, 0.15) is 0 Å². The molecule has 0 spiro atoms. The molecule has 0 saturated carbocycles. The highest BCUT2D eigenvalue weighted by atomic mass is 15.0. The average Bonchev–Trinajstić information content (AvgIpc) is 2.44. The van der Waals surface area contributed by atoms with Gasteiger partial charge in [0, 0.05) is 24.0 Å². The molecule has 1 heteroatoms. The molecule has 0 aromatic carbocycles. The summed E-state index contributed by atoms with van der Waals surface area (Å²) in [5.41, 5.74) is 2.85. The molecule has 1 aromatic rings. The molecule has 2 heterocycles. The summed E-state index contributed by atoms with van der Waals surface area (Å²) in [5, 5.41) is 0. The van der Waals surface area contributed by atoms with Crippen molar-refractivity contribution in [2.75, 3.05) is 0 Å². The summed E-state index contributed by atoms with van der Waals surface area (Å²) in [6, 6.07) is 4.41. The van der Waals surface area contributed by atoms with Crippen LogP contribution in [0.15, 0.2) is 18.2 Å². The quantitative estimate of drug-likeness (QED) is 0.552. The van der Waals surface area contributed by atoms with E-state index in [0.717, 1.165) is 12.8 Å². The van der Waals surface area contributed by atoms with Gasteiger partial charge >= 0.3 is 0 Å². The van der Waals surface area contributed by atoms with Crippen LogP contribution in [0.3, 0.4) is 0 Å². The van der Waals surface area contributed by atoms with Gasteiger partial charge < -0.3 is 4.57 Å². The first-order valence-corrected chi connectivity index (χ1v) is 3.77. The SMILES string of the molecule is CCc1ccc2n1C=CC2. The van der Waals surface area contributed by atoms with Gasteiger partial charge in [0.15, 0.2) is 0 Å². The Morgan fingerprint density at radius 1 is 1.50 bits per heavy atom. The van der Waals surface area contributed by atoms with E-state index in [4.69, 9.17) is 0 Å². The van der Waals surface area contributed by atoms with Crippen LogP contribution in [0.5, 0.6) is 0 Å². The molecule has 0 N–H and O–H groups in total. The molecule has 2 rings (SSSR count). The van der Waals surface area contributed by atoms with Crippen molar-refractivity contribution in [2.24, 2.45) is 0 Å². The second-order valence-electron chi connectivity index (χ2n) is 2.63. The number of hydrogen-bond acceptors (Lipinski definition) is 0. The summed E-state index contributed by atoms with van der Waals surface area (Å²) < 4.78 is 2.28. The third-order valence-electron chi connectivity index (χ3n) is 2.03. The highest BCUT2D eigenvalue weighted by Crippen LogP contribution is 2.16. The lowest BCUT2D eigenvalue weighted by atomic mass is 10.3. The Labute approximate surface area is 61.0 Å². The van der Waals surface area contributed by atoms with Gasteiger partial charge in [-0.05, 0) is 18.6 Å². The van der Waals surface area contributed by atoms with Crippen molar-refractivity contribution in [1.82, 2.24) is 4.57 Å². The molecule has 1 aliphatic rings. The molecule has 0 saturated heterocycles. The van der Waals surface area contributed by atoms with E-state index in [-0.39, 0.29) is 0 Å². The van der Waals surface area contributed by atoms with Crippen LogP contribution in [0.1, 0.15) is 18.3 Å². The molecule has 0 amide bonds. The maximum atomic E-state index is 2.28. The molecule has 0 unspecified atom stereocenters. The molecule has 1 aromatic heterocycles. The lowest BCUT2D eigenvalue weighted by Crippen LogP contribution is -1.91. The summed E-state index contributed by atoms with van der Waals surface area (Å²) in [6.07, 6.45) is 6.60. The van der Waals surface area contributed by atoms with E-state index in [0.29, 0.717) is 0 Å². The van der Waals surface area contributed by atoms with E-state index in [9.17, 15) is 0 Å². The predicted molar refractivity (Wildman–Crippen MR) is 42.8 cm³/mol. The Balaban J connectivity index is 2.53. The van der Waals surface area contributed by atoms with Crippen molar-refractivity contribution >= 4 is 6.20 Å². The van der Waals surface area contributed by atoms with Crippen molar-refractivity contribution in [3.05, 3.63) is 29.6 Å². The Morgan fingerprint density at radius 2 is 2.40 bits per heavy atom. The van der Waals surface area contributed by atoms with Gasteiger partial charge in [-0.25, -0.2) is 0 Å².